The first-order valence-electron chi connectivity index (χ1n) is 9.45. The average Bonchev–Trinajstić information content (AvgIpc) is 2.52. The summed E-state index contributed by atoms with van der Waals surface area (Å²) in [5, 5.41) is 3.23. The Kier molecular flexibility index (Phi) is 2.41. The van der Waals surface area contributed by atoms with Crippen molar-refractivity contribution in [3.63, 3.8) is 0 Å². The van der Waals surface area contributed by atoms with Crippen LogP contribution in [0.2, 0.25) is 0 Å². The van der Waals surface area contributed by atoms with E-state index in [9.17, 15) is 0 Å². The number of nitrogens with one attached hydrogen (secondary N) is 1. The van der Waals surface area contributed by atoms with E-state index in [4.69, 9.17) is 8.22 Å². The number of hydrogen-bond donors (Lipinski definition) is 1. The highest BCUT2D eigenvalue weighted by Crippen LogP contribution is 2.24. The molecule has 2 aromatic rings. The van der Waals surface area contributed by atoms with Gasteiger partial charge in [0.05, 0.1) is 0 Å². The molecule has 0 saturated heterocycles. The molecular formula is C18H23N. The lowest BCUT2D eigenvalue weighted by Crippen LogP contribution is -1.95. The minimum Gasteiger partial charge on any atom is -0.356 e. The Morgan fingerprint density at radius 3 is 1.74 bits per heavy atom. The molecule has 0 aliphatic rings. The van der Waals surface area contributed by atoms with Crippen molar-refractivity contribution in [1.29, 1.82) is 0 Å². The van der Waals surface area contributed by atoms with E-state index in [-0.39, 0.29) is 0 Å². The Morgan fingerprint density at radius 2 is 1.32 bits per heavy atom. The third kappa shape index (κ3) is 3.60. The fraction of sp³-hybridized carbons (Fsp3) is 0.333. The second-order valence-electron chi connectivity index (χ2n) is 4.82. The van der Waals surface area contributed by atoms with Crippen molar-refractivity contribution in [2.75, 3.05) is 5.32 Å². The minimum absolute atomic E-state index is 0.559. The third-order valence-electron chi connectivity index (χ3n) is 3.06. The maximum Gasteiger partial charge on any atom is 0.0387 e. The molecule has 2 rings (SSSR count). The zero-order valence-electron chi connectivity index (χ0n) is 17.3. The molecule has 1 nitrogen and oxygen atoms in total. The van der Waals surface area contributed by atoms with Crippen LogP contribution in [-0.4, -0.2) is 0 Å². The van der Waals surface area contributed by atoms with Crippen LogP contribution in [0, 0.1) is 0 Å². The van der Waals surface area contributed by atoms with Crippen LogP contribution >= 0.6 is 0 Å². The predicted octanol–water partition coefficient (Wildman–Crippen LogP) is 5.68. The summed E-state index contributed by atoms with van der Waals surface area (Å²) in [6.45, 7) is -0.725. The molecule has 1 N–H and O–H groups in total. The van der Waals surface area contributed by atoms with Crippen molar-refractivity contribution < 1.29 is 8.22 Å². The van der Waals surface area contributed by atoms with Gasteiger partial charge in [0.15, 0.2) is 0 Å². The molecule has 0 fully saturated rings. The van der Waals surface area contributed by atoms with Gasteiger partial charge in [-0.2, -0.15) is 0 Å². The molecule has 0 amide bonds. The summed E-state index contributed by atoms with van der Waals surface area (Å²) in [6, 6.07) is 14.6. The topological polar surface area (TPSA) is 12.0 Å². The SMILES string of the molecule is [2H]C([2H])([2H])C(C)c1cccc(Nc2cccc(C(C)C([2H])([2H])[2H])c2)c1. The predicted molar refractivity (Wildman–Crippen MR) is 84.3 cm³/mol. The first-order chi connectivity index (χ1) is 11.5. The van der Waals surface area contributed by atoms with E-state index in [0.29, 0.717) is 0 Å². The monoisotopic (exact) mass is 259 g/mol. The molecule has 0 aliphatic heterocycles. The third-order valence-corrected chi connectivity index (χ3v) is 3.06. The molecule has 100 valence electrons. The van der Waals surface area contributed by atoms with Gasteiger partial charge in [0.1, 0.15) is 0 Å². The molecule has 0 aliphatic carbocycles. The Labute approximate surface area is 125 Å². The van der Waals surface area contributed by atoms with Crippen molar-refractivity contribution >= 4 is 11.4 Å². The molecule has 2 atom stereocenters. The quantitative estimate of drug-likeness (QED) is 0.745. The van der Waals surface area contributed by atoms with Crippen molar-refractivity contribution in [1.82, 2.24) is 0 Å². The van der Waals surface area contributed by atoms with Gasteiger partial charge in [-0.25, -0.2) is 0 Å². The van der Waals surface area contributed by atoms with Crippen LogP contribution in [-0.2, 0) is 0 Å². The zero-order chi connectivity index (χ0) is 18.8. The minimum atomic E-state index is -2.05. The second-order valence-corrected chi connectivity index (χ2v) is 4.82. The van der Waals surface area contributed by atoms with Gasteiger partial charge >= 0.3 is 0 Å². The first kappa shape index (κ1) is 7.74. The van der Waals surface area contributed by atoms with Crippen LogP contribution in [0.4, 0.5) is 11.4 Å². The van der Waals surface area contributed by atoms with Crippen molar-refractivity contribution in [2.45, 2.75) is 39.4 Å². The van der Waals surface area contributed by atoms with Crippen LogP contribution in [0.25, 0.3) is 0 Å². The van der Waals surface area contributed by atoms with Gasteiger partial charge in [-0.15, -0.1) is 0 Å². The van der Waals surface area contributed by atoms with Crippen molar-refractivity contribution in [2.24, 2.45) is 0 Å². The molecule has 1 heteroatoms. The summed E-state index contributed by atoms with van der Waals surface area (Å²) in [7, 11) is 0. The molecular weight excluding hydrogens is 230 g/mol. The second kappa shape index (κ2) is 5.92. The van der Waals surface area contributed by atoms with E-state index in [1.165, 1.54) is 0 Å². The van der Waals surface area contributed by atoms with Gasteiger partial charge < -0.3 is 5.32 Å². The Bertz CT molecular complexity index is 658. The van der Waals surface area contributed by atoms with E-state index in [1.807, 2.05) is 36.4 Å². The normalized spacial score (nSPS) is 19.9. The molecule has 0 radical (unpaired) electrons. The van der Waals surface area contributed by atoms with Gasteiger partial charge in [0.25, 0.3) is 0 Å². The molecule has 19 heavy (non-hydrogen) atoms. The lowest BCUT2D eigenvalue weighted by atomic mass is 10.0. The Hall–Kier alpha value is -1.76. The van der Waals surface area contributed by atoms with E-state index < -0.39 is 25.5 Å². The van der Waals surface area contributed by atoms with Crippen LogP contribution in [0.1, 0.15) is 58.7 Å². The van der Waals surface area contributed by atoms with Gasteiger partial charge in [-0.05, 0) is 47.2 Å². The van der Waals surface area contributed by atoms with Crippen LogP contribution in [0.15, 0.2) is 48.5 Å². The molecule has 0 spiro atoms. The highest BCUT2D eigenvalue weighted by molar-refractivity contribution is 5.61. The van der Waals surface area contributed by atoms with E-state index in [2.05, 4.69) is 5.32 Å². The maximum atomic E-state index is 7.56. The summed E-state index contributed by atoms with van der Waals surface area (Å²) >= 11 is 0. The van der Waals surface area contributed by atoms with Crippen LogP contribution < -0.4 is 5.32 Å². The molecule has 0 heterocycles. The Balaban J connectivity index is 2.23. The standard InChI is InChI=1S/C18H23N/c1-13(2)15-7-5-9-17(11-15)19-18-10-6-8-16(12-18)14(3)4/h5-14,19H,1-4H3/i1D3,3D3. The average molecular weight is 259 g/mol. The Morgan fingerprint density at radius 1 is 0.842 bits per heavy atom. The summed E-state index contributed by atoms with van der Waals surface area (Å²) in [4.78, 5) is 0. The van der Waals surface area contributed by atoms with Crippen LogP contribution in [0.3, 0.4) is 0 Å². The molecule has 2 aromatic carbocycles. The number of rotatable bonds is 4. The highest BCUT2D eigenvalue weighted by atomic mass is 14.9. The fourth-order valence-corrected chi connectivity index (χ4v) is 1.94. The van der Waals surface area contributed by atoms with Crippen LogP contribution in [0.5, 0.6) is 0 Å². The molecule has 0 saturated carbocycles. The van der Waals surface area contributed by atoms with Gasteiger partial charge in [-0.1, -0.05) is 51.8 Å². The largest absolute Gasteiger partial charge is 0.356 e. The lowest BCUT2D eigenvalue weighted by Gasteiger charge is -2.12. The summed E-state index contributed by atoms with van der Waals surface area (Å²) in [5.74, 6) is -1.12. The summed E-state index contributed by atoms with van der Waals surface area (Å²) < 4.78 is 45.4. The lowest BCUT2D eigenvalue weighted by molar-refractivity contribution is 0.866. The zero-order valence-corrected chi connectivity index (χ0v) is 11.3. The smallest absolute Gasteiger partial charge is 0.0387 e. The first-order valence-corrected chi connectivity index (χ1v) is 6.45. The highest BCUT2D eigenvalue weighted by Gasteiger charge is 2.03. The van der Waals surface area contributed by atoms with E-state index in [0.717, 1.165) is 22.5 Å². The van der Waals surface area contributed by atoms with Gasteiger partial charge in [0, 0.05) is 19.6 Å². The van der Waals surface area contributed by atoms with Crippen molar-refractivity contribution in [3.05, 3.63) is 59.7 Å². The molecule has 0 bridgehead atoms. The van der Waals surface area contributed by atoms with E-state index >= 15 is 0 Å². The van der Waals surface area contributed by atoms with Gasteiger partial charge in [0.2, 0.25) is 0 Å². The fourth-order valence-electron chi connectivity index (χ4n) is 1.94. The number of hydrogen-bond acceptors (Lipinski definition) is 1. The molecule has 0 aromatic heterocycles. The summed E-state index contributed by atoms with van der Waals surface area (Å²) in [6.07, 6.45) is 0. The molecule has 2 unspecified atom stereocenters. The number of anilines is 2. The summed E-state index contributed by atoms with van der Waals surface area (Å²) in [5.41, 5.74) is 3.01. The van der Waals surface area contributed by atoms with E-state index in [1.54, 1.807) is 26.0 Å². The van der Waals surface area contributed by atoms with Crippen molar-refractivity contribution in [3.8, 4) is 0 Å². The number of benzene rings is 2. The van der Waals surface area contributed by atoms with Gasteiger partial charge in [-0.3, -0.25) is 0 Å². The maximum absolute atomic E-state index is 7.56.